The van der Waals surface area contributed by atoms with Gasteiger partial charge in [-0.1, -0.05) is 0 Å². The van der Waals surface area contributed by atoms with Crippen LogP contribution in [0.3, 0.4) is 0 Å². The smallest absolute Gasteiger partial charge is 0.251 e. The van der Waals surface area contributed by atoms with E-state index >= 15 is 0 Å². The molecule has 7 nitrogen and oxygen atoms in total. The summed E-state index contributed by atoms with van der Waals surface area (Å²) in [4.78, 5) is 16.1. The van der Waals surface area contributed by atoms with Gasteiger partial charge in [0.2, 0.25) is 0 Å². The van der Waals surface area contributed by atoms with Gasteiger partial charge >= 0.3 is 0 Å². The number of halogens is 1. The number of amides is 1. The summed E-state index contributed by atoms with van der Waals surface area (Å²) in [6.45, 7) is 0.653. The van der Waals surface area contributed by atoms with Crippen molar-refractivity contribution >= 4 is 11.7 Å². The second kappa shape index (κ2) is 9.15. The van der Waals surface area contributed by atoms with E-state index in [9.17, 15) is 9.18 Å². The molecule has 8 heteroatoms. The van der Waals surface area contributed by atoms with E-state index < -0.39 is 0 Å². The second-order valence-electron chi connectivity index (χ2n) is 7.11. The lowest BCUT2D eigenvalue weighted by atomic mass is 10.0. The minimum Gasteiger partial charge on any atom is -0.375 e. The topological polar surface area (TPSA) is 78.3 Å². The lowest BCUT2D eigenvalue weighted by molar-refractivity contribution is -0.119. The van der Waals surface area contributed by atoms with Gasteiger partial charge in [-0.2, -0.15) is 5.10 Å². The van der Waals surface area contributed by atoms with Crippen molar-refractivity contribution in [1.82, 2.24) is 14.8 Å². The zero-order valence-electron chi connectivity index (χ0n) is 16.7. The maximum atomic E-state index is 13.5. The highest BCUT2D eigenvalue weighted by Gasteiger charge is 2.21. The Morgan fingerprint density at radius 2 is 2.10 bits per heavy atom. The van der Waals surface area contributed by atoms with Crippen molar-refractivity contribution in [2.24, 2.45) is 0 Å². The Morgan fingerprint density at radius 3 is 2.83 bits per heavy atom. The summed E-state index contributed by atoms with van der Waals surface area (Å²) in [5, 5.41) is 7.49. The van der Waals surface area contributed by atoms with Crippen LogP contribution in [0, 0.1) is 5.82 Å². The first-order valence-electron chi connectivity index (χ1n) is 9.86. The molecular formula is C22H23FN4O3. The van der Waals surface area contributed by atoms with E-state index in [0.717, 1.165) is 36.0 Å². The third-order valence-electron chi connectivity index (χ3n) is 4.91. The van der Waals surface area contributed by atoms with Gasteiger partial charge in [0.05, 0.1) is 0 Å². The number of nitrogens with zero attached hydrogens (tertiary/aromatic N) is 3. The van der Waals surface area contributed by atoms with Gasteiger partial charge in [0.15, 0.2) is 0 Å². The molecule has 0 radical (unpaired) electrons. The highest BCUT2D eigenvalue weighted by molar-refractivity contribution is 5.91. The first kappa shape index (κ1) is 20.2. The minimum absolute atomic E-state index is 0.0519. The van der Waals surface area contributed by atoms with E-state index in [4.69, 9.17) is 14.6 Å². The molecule has 2 aromatic heterocycles. The zero-order chi connectivity index (χ0) is 20.9. The van der Waals surface area contributed by atoms with Gasteiger partial charge in [-0.15, -0.1) is 0 Å². The Kier molecular flexibility index (Phi) is 6.15. The molecule has 1 aromatic carbocycles. The quantitative estimate of drug-likeness (QED) is 0.664. The Labute approximate surface area is 173 Å². The van der Waals surface area contributed by atoms with Crippen LogP contribution in [0.2, 0.25) is 0 Å². The number of rotatable bonds is 6. The lowest BCUT2D eigenvalue weighted by Crippen LogP contribution is -2.18. The first-order valence-corrected chi connectivity index (χ1v) is 9.86. The van der Waals surface area contributed by atoms with Crippen molar-refractivity contribution in [3.8, 4) is 22.4 Å². The van der Waals surface area contributed by atoms with Gasteiger partial charge in [0.1, 0.15) is 30.2 Å². The van der Waals surface area contributed by atoms with Crippen molar-refractivity contribution < 1.29 is 18.7 Å². The molecule has 4 rings (SSSR count). The average molecular weight is 410 g/mol. The van der Waals surface area contributed by atoms with Crippen LogP contribution in [0.25, 0.3) is 22.4 Å². The van der Waals surface area contributed by atoms with Crippen LogP contribution in [-0.4, -0.2) is 41.0 Å². The molecule has 0 aliphatic carbocycles. The van der Waals surface area contributed by atoms with Crippen molar-refractivity contribution in [1.29, 1.82) is 0 Å². The lowest BCUT2D eigenvalue weighted by Gasteiger charge is -2.22. The highest BCUT2D eigenvalue weighted by atomic mass is 19.1. The molecule has 1 atom stereocenters. The van der Waals surface area contributed by atoms with E-state index in [0.29, 0.717) is 18.1 Å². The molecule has 1 aliphatic rings. The summed E-state index contributed by atoms with van der Waals surface area (Å²) < 4.78 is 26.0. The molecular weight excluding hydrogens is 387 g/mol. The second-order valence-corrected chi connectivity index (χ2v) is 7.11. The molecule has 1 aliphatic heterocycles. The van der Waals surface area contributed by atoms with Gasteiger partial charge in [-0.25, -0.2) is 14.1 Å². The van der Waals surface area contributed by atoms with Crippen molar-refractivity contribution in [3.63, 3.8) is 0 Å². The molecule has 1 unspecified atom stereocenters. The standard InChI is InChI=1S/C22H23FN4O3/c1-29-14-20(28)25-19-12-16(9-10-24-19)18-13-27(21-4-2-3-11-30-21)26-22(18)15-5-7-17(23)8-6-15/h5-10,12-13,21H,2-4,11,14H2,1H3,(H,24,25,28). The van der Waals surface area contributed by atoms with Crippen LogP contribution in [-0.2, 0) is 14.3 Å². The van der Waals surface area contributed by atoms with Crippen LogP contribution < -0.4 is 5.32 Å². The number of methoxy groups -OCH3 is 1. The fourth-order valence-corrected chi connectivity index (χ4v) is 3.48. The summed E-state index contributed by atoms with van der Waals surface area (Å²) in [6.07, 6.45) is 6.44. The van der Waals surface area contributed by atoms with E-state index in [1.807, 2.05) is 16.9 Å². The van der Waals surface area contributed by atoms with Gasteiger partial charge in [-0.05, 0) is 61.2 Å². The molecule has 1 fully saturated rings. The number of ether oxygens (including phenoxy) is 2. The highest BCUT2D eigenvalue weighted by Crippen LogP contribution is 2.34. The van der Waals surface area contributed by atoms with E-state index in [1.165, 1.54) is 19.2 Å². The maximum absolute atomic E-state index is 13.5. The molecule has 156 valence electrons. The maximum Gasteiger partial charge on any atom is 0.251 e. The molecule has 1 amide bonds. The molecule has 3 heterocycles. The van der Waals surface area contributed by atoms with Gasteiger partial charge < -0.3 is 14.8 Å². The van der Waals surface area contributed by atoms with Gasteiger partial charge in [0, 0.05) is 37.2 Å². The Hall–Kier alpha value is -3.10. The number of hydrogen-bond acceptors (Lipinski definition) is 5. The largest absolute Gasteiger partial charge is 0.375 e. The van der Waals surface area contributed by atoms with Gasteiger partial charge in [-0.3, -0.25) is 4.79 Å². The summed E-state index contributed by atoms with van der Waals surface area (Å²) in [5.41, 5.74) is 3.19. The first-order chi connectivity index (χ1) is 14.6. The SMILES string of the molecule is COCC(=O)Nc1cc(-c2cn(C3CCCCO3)nc2-c2ccc(F)cc2)ccn1. The average Bonchev–Trinajstić information content (AvgIpc) is 3.21. The van der Waals surface area contributed by atoms with Crippen LogP contribution in [0.15, 0.2) is 48.8 Å². The number of pyridine rings is 1. The van der Waals surface area contributed by atoms with E-state index in [2.05, 4.69) is 10.3 Å². The number of benzene rings is 1. The molecule has 0 saturated carbocycles. The van der Waals surface area contributed by atoms with Crippen molar-refractivity contribution in [3.05, 3.63) is 54.6 Å². The zero-order valence-corrected chi connectivity index (χ0v) is 16.7. The van der Waals surface area contributed by atoms with Crippen LogP contribution in [0.1, 0.15) is 25.5 Å². The Morgan fingerprint density at radius 1 is 1.27 bits per heavy atom. The number of nitrogens with one attached hydrogen (secondary N) is 1. The number of hydrogen-bond donors (Lipinski definition) is 1. The Balaban J connectivity index is 1.73. The molecule has 1 saturated heterocycles. The molecule has 30 heavy (non-hydrogen) atoms. The fraction of sp³-hybridized carbons (Fsp3) is 0.318. The molecule has 0 bridgehead atoms. The summed E-state index contributed by atoms with van der Waals surface area (Å²) >= 11 is 0. The monoisotopic (exact) mass is 410 g/mol. The summed E-state index contributed by atoms with van der Waals surface area (Å²) in [7, 11) is 1.46. The number of carbonyl (C=O) groups is 1. The fourth-order valence-electron chi connectivity index (χ4n) is 3.48. The molecule has 3 aromatic rings. The van der Waals surface area contributed by atoms with Crippen LogP contribution >= 0.6 is 0 Å². The van der Waals surface area contributed by atoms with Crippen LogP contribution in [0.5, 0.6) is 0 Å². The molecule has 1 N–H and O–H groups in total. The van der Waals surface area contributed by atoms with Crippen LogP contribution in [0.4, 0.5) is 10.2 Å². The normalized spacial score (nSPS) is 16.4. The van der Waals surface area contributed by atoms with Crippen molar-refractivity contribution in [2.75, 3.05) is 25.6 Å². The molecule has 0 spiro atoms. The number of aromatic nitrogens is 3. The minimum atomic E-state index is -0.303. The number of carbonyl (C=O) groups excluding carboxylic acids is 1. The van der Waals surface area contributed by atoms with E-state index in [-0.39, 0.29) is 24.6 Å². The summed E-state index contributed by atoms with van der Waals surface area (Å²) in [6, 6.07) is 9.87. The van der Waals surface area contributed by atoms with Crippen molar-refractivity contribution in [2.45, 2.75) is 25.5 Å². The van der Waals surface area contributed by atoms with E-state index in [1.54, 1.807) is 24.4 Å². The van der Waals surface area contributed by atoms with Gasteiger partial charge in [0.25, 0.3) is 5.91 Å². The summed E-state index contributed by atoms with van der Waals surface area (Å²) in [5.74, 6) is -0.170. The number of anilines is 1. The third kappa shape index (κ3) is 4.55. The Bertz CT molecular complexity index is 1010. The predicted octanol–water partition coefficient (Wildman–Crippen LogP) is 4.04. The third-order valence-corrected chi connectivity index (χ3v) is 4.91. The predicted molar refractivity (Wildman–Crippen MR) is 110 cm³/mol.